The maximum absolute atomic E-state index is 10.8. The van der Waals surface area contributed by atoms with Crippen molar-refractivity contribution in [1.29, 1.82) is 0 Å². The first-order chi connectivity index (χ1) is 8.74. The van der Waals surface area contributed by atoms with Crippen LogP contribution in [0.15, 0.2) is 29.9 Å². The summed E-state index contributed by atoms with van der Waals surface area (Å²) >= 11 is 1.54. The first-order valence-corrected chi connectivity index (χ1v) is 6.06. The molecule has 0 unspecified atom stereocenters. The molecule has 0 fully saturated rings. The van der Waals surface area contributed by atoms with Gasteiger partial charge in [-0.25, -0.2) is 9.48 Å². The lowest BCUT2D eigenvalue weighted by molar-refractivity contribution is 0.0697. The van der Waals surface area contributed by atoms with Crippen LogP contribution in [0.4, 0.5) is 0 Å². The number of fused-ring (bicyclic) bond motifs is 1. The van der Waals surface area contributed by atoms with Crippen LogP contribution in [0.25, 0.3) is 11.0 Å². The van der Waals surface area contributed by atoms with Gasteiger partial charge in [-0.1, -0.05) is 5.21 Å². The Kier molecular flexibility index (Phi) is 2.52. The summed E-state index contributed by atoms with van der Waals surface area (Å²) in [5.74, 6) is -0.964. The van der Waals surface area contributed by atoms with Crippen LogP contribution < -0.4 is 0 Å². The number of hydrogen-bond acceptors (Lipinski definition) is 5. The average molecular weight is 260 g/mol. The number of carbonyl (C=O) groups is 1. The summed E-state index contributed by atoms with van der Waals surface area (Å²) in [6, 6.07) is 4.80. The lowest BCUT2D eigenvalue weighted by Gasteiger charge is -1.99. The summed E-state index contributed by atoms with van der Waals surface area (Å²) < 4.78 is 1.73. The van der Waals surface area contributed by atoms with Gasteiger partial charge in [0.05, 0.1) is 23.1 Å². The van der Waals surface area contributed by atoms with Crippen molar-refractivity contribution in [1.82, 2.24) is 20.0 Å². The molecule has 7 heteroatoms. The molecule has 90 valence electrons. The fraction of sp³-hybridized carbons (Fsp3) is 0.0909. The van der Waals surface area contributed by atoms with E-state index < -0.39 is 5.97 Å². The van der Waals surface area contributed by atoms with E-state index in [-0.39, 0.29) is 5.56 Å². The van der Waals surface area contributed by atoms with Crippen LogP contribution in [0.3, 0.4) is 0 Å². The summed E-state index contributed by atoms with van der Waals surface area (Å²) in [5, 5.41) is 16.9. The third-order valence-corrected chi connectivity index (χ3v) is 3.31. The highest BCUT2D eigenvalue weighted by atomic mass is 32.1. The molecule has 0 atom stereocenters. The Morgan fingerprint density at radius 2 is 2.33 bits per heavy atom. The van der Waals surface area contributed by atoms with Gasteiger partial charge in [-0.3, -0.25) is 4.98 Å². The SMILES string of the molecule is O=C(O)c1ccc2c(c1)nnn2Cc1cncs1. The molecule has 0 aliphatic carbocycles. The van der Waals surface area contributed by atoms with Gasteiger partial charge in [-0.15, -0.1) is 16.4 Å². The molecule has 3 aromatic rings. The normalized spacial score (nSPS) is 10.9. The fourth-order valence-corrected chi connectivity index (χ4v) is 2.27. The van der Waals surface area contributed by atoms with Gasteiger partial charge in [0.25, 0.3) is 0 Å². The Bertz CT molecular complexity index is 705. The fourth-order valence-electron chi connectivity index (χ4n) is 1.69. The third kappa shape index (κ3) is 1.84. The number of rotatable bonds is 3. The summed E-state index contributed by atoms with van der Waals surface area (Å²) in [6.45, 7) is 0.591. The van der Waals surface area contributed by atoms with Crippen molar-refractivity contribution < 1.29 is 9.90 Å². The van der Waals surface area contributed by atoms with Crippen LogP contribution in [0, 0.1) is 0 Å². The van der Waals surface area contributed by atoms with E-state index in [9.17, 15) is 4.79 Å². The quantitative estimate of drug-likeness (QED) is 0.774. The van der Waals surface area contributed by atoms with Crippen LogP contribution in [0.1, 0.15) is 15.2 Å². The molecule has 2 aromatic heterocycles. The molecular formula is C11H8N4O2S. The minimum atomic E-state index is -0.964. The van der Waals surface area contributed by atoms with Gasteiger partial charge in [0.1, 0.15) is 5.52 Å². The number of carboxylic acid groups (broad SMARTS) is 1. The largest absolute Gasteiger partial charge is 0.478 e. The zero-order valence-electron chi connectivity index (χ0n) is 9.15. The second-order valence-electron chi connectivity index (χ2n) is 3.72. The molecule has 0 aliphatic heterocycles. The number of thiazole rings is 1. The molecule has 18 heavy (non-hydrogen) atoms. The molecule has 1 aromatic carbocycles. The van der Waals surface area contributed by atoms with Crippen LogP contribution in [-0.2, 0) is 6.54 Å². The Balaban J connectivity index is 2.02. The highest BCUT2D eigenvalue weighted by Crippen LogP contribution is 2.16. The molecule has 0 radical (unpaired) electrons. The Labute approximate surface area is 106 Å². The van der Waals surface area contributed by atoms with Crippen molar-refractivity contribution >= 4 is 28.3 Å². The second kappa shape index (κ2) is 4.19. The zero-order valence-corrected chi connectivity index (χ0v) is 9.96. The highest BCUT2D eigenvalue weighted by Gasteiger charge is 2.09. The number of carboxylic acids is 1. The van der Waals surface area contributed by atoms with Gasteiger partial charge in [0.15, 0.2) is 0 Å². The maximum atomic E-state index is 10.8. The minimum Gasteiger partial charge on any atom is -0.478 e. The number of hydrogen-bond donors (Lipinski definition) is 1. The van der Waals surface area contributed by atoms with Crippen molar-refractivity contribution in [2.75, 3.05) is 0 Å². The standard InChI is InChI=1S/C11H8N4O2S/c16-11(17)7-1-2-10-9(3-7)13-14-15(10)5-8-4-12-6-18-8/h1-4,6H,5H2,(H,16,17). The first-order valence-electron chi connectivity index (χ1n) is 5.18. The van der Waals surface area contributed by atoms with E-state index in [1.165, 1.54) is 6.07 Å². The van der Waals surface area contributed by atoms with Crippen molar-refractivity contribution in [3.8, 4) is 0 Å². The molecule has 0 aliphatic rings. The van der Waals surface area contributed by atoms with Crippen LogP contribution in [0.2, 0.25) is 0 Å². The van der Waals surface area contributed by atoms with Gasteiger partial charge < -0.3 is 5.11 Å². The van der Waals surface area contributed by atoms with Crippen LogP contribution >= 0.6 is 11.3 Å². The summed E-state index contributed by atoms with van der Waals surface area (Å²) in [4.78, 5) is 15.9. The number of nitrogens with zero attached hydrogens (tertiary/aromatic N) is 4. The Morgan fingerprint density at radius 1 is 1.44 bits per heavy atom. The maximum Gasteiger partial charge on any atom is 0.335 e. The molecule has 0 bridgehead atoms. The first kappa shape index (κ1) is 10.8. The lowest BCUT2D eigenvalue weighted by atomic mass is 10.2. The number of benzene rings is 1. The molecule has 0 amide bonds. The molecule has 2 heterocycles. The van der Waals surface area contributed by atoms with Crippen molar-refractivity contribution in [2.24, 2.45) is 0 Å². The average Bonchev–Trinajstić information content (AvgIpc) is 2.99. The Hall–Kier alpha value is -2.28. The molecule has 1 N–H and O–H groups in total. The van der Waals surface area contributed by atoms with E-state index in [1.807, 2.05) is 0 Å². The topological polar surface area (TPSA) is 80.9 Å². The zero-order chi connectivity index (χ0) is 12.5. The molecular weight excluding hydrogens is 252 g/mol. The monoisotopic (exact) mass is 260 g/mol. The summed E-state index contributed by atoms with van der Waals surface area (Å²) in [6.07, 6.45) is 1.78. The molecule has 3 rings (SSSR count). The van der Waals surface area contributed by atoms with Crippen LogP contribution in [-0.4, -0.2) is 31.1 Å². The van der Waals surface area contributed by atoms with E-state index in [4.69, 9.17) is 5.11 Å². The Morgan fingerprint density at radius 3 is 3.06 bits per heavy atom. The van der Waals surface area contributed by atoms with Gasteiger partial charge in [0, 0.05) is 11.1 Å². The molecule has 0 saturated heterocycles. The predicted molar refractivity (Wildman–Crippen MR) is 65.7 cm³/mol. The van der Waals surface area contributed by atoms with Gasteiger partial charge in [-0.2, -0.15) is 0 Å². The minimum absolute atomic E-state index is 0.215. The lowest BCUT2D eigenvalue weighted by Crippen LogP contribution is -2.00. The van der Waals surface area contributed by atoms with Gasteiger partial charge in [-0.05, 0) is 18.2 Å². The predicted octanol–water partition coefficient (Wildman–Crippen LogP) is 1.63. The third-order valence-electron chi connectivity index (χ3n) is 2.55. The highest BCUT2D eigenvalue weighted by molar-refractivity contribution is 7.09. The molecule has 0 spiro atoms. The van der Waals surface area contributed by atoms with E-state index in [2.05, 4.69) is 15.3 Å². The molecule has 6 nitrogen and oxygen atoms in total. The second-order valence-corrected chi connectivity index (χ2v) is 4.69. The molecule has 0 saturated carbocycles. The number of aromatic carboxylic acids is 1. The number of aromatic nitrogens is 4. The van der Waals surface area contributed by atoms with Gasteiger partial charge >= 0.3 is 5.97 Å². The van der Waals surface area contributed by atoms with Crippen molar-refractivity contribution in [2.45, 2.75) is 6.54 Å². The van der Waals surface area contributed by atoms with Gasteiger partial charge in [0.2, 0.25) is 0 Å². The van der Waals surface area contributed by atoms with E-state index >= 15 is 0 Å². The van der Waals surface area contributed by atoms with Crippen molar-refractivity contribution in [3.63, 3.8) is 0 Å². The van der Waals surface area contributed by atoms with E-state index in [0.717, 1.165) is 10.4 Å². The van der Waals surface area contributed by atoms with Crippen molar-refractivity contribution in [3.05, 3.63) is 40.3 Å². The smallest absolute Gasteiger partial charge is 0.335 e. The summed E-state index contributed by atoms with van der Waals surface area (Å²) in [7, 11) is 0. The summed E-state index contributed by atoms with van der Waals surface area (Å²) in [5.41, 5.74) is 3.37. The van der Waals surface area contributed by atoms with Crippen LogP contribution in [0.5, 0.6) is 0 Å². The van der Waals surface area contributed by atoms with E-state index in [0.29, 0.717) is 12.1 Å². The van der Waals surface area contributed by atoms with E-state index in [1.54, 1.807) is 39.9 Å².